The molecule has 0 aromatic carbocycles. The second-order valence-corrected chi connectivity index (χ2v) is 3.79. The van der Waals surface area contributed by atoms with Gasteiger partial charge in [-0.25, -0.2) is 0 Å². The van der Waals surface area contributed by atoms with Crippen LogP contribution in [0.25, 0.3) is 0 Å². The predicted octanol–water partition coefficient (Wildman–Crippen LogP) is 1.33. The summed E-state index contributed by atoms with van der Waals surface area (Å²) < 4.78 is 5.27. The molecule has 1 fully saturated rings. The summed E-state index contributed by atoms with van der Waals surface area (Å²) in [6, 6.07) is 0.275. The molecule has 1 aliphatic heterocycles. The summed E-state index contributed by atoms with van der Waals surface area (Å²) in [4.78, 5) is 11.6. The third-order valence-electron chi connectivity index (χ3n) is 2.72. The minimum atomic E-state index is -0.0353. The standard InChI is InChI=1S/C10H19NO2/c1-4-7(2)13-10(12)9-5-6-11-8(9)3/h7-9,11H,4-6H2,1-3H3. The third kappa shape index (κ3) is 2.69. The van der Waals surface area contributed by atoms with Crippen LogP contribution < -0.4 is 5.32 Å². The van der Waals surface area contributed by atoms with Gasteiger partial charge in [-0.15, -0.1) is 0 Å². The Kier molecular flexibility index (Phi) is 3.72. The van der Waals surface area contributed by atoms with Gasteiger partial charge in [-0.3, -0.25) is 4.79 Å². The van der Waals surface area contributed by atoms with Crippen molar-refractivity contribution < 1.29 is 9.53 Å². The molecule has 3 atom stereocenters. The highest BCUT2D eigenvalue weighted by Gasteiger charge is 2.31. The Labute approximate surface area is 79.8 Å². The first-order chi connectivity index (χ1) is 6.15. The lowest BCUT2D eigenvalue weighted by Crippen LogP contribution is -2.31. The quantitative estimate of drug-likeness (QED) is 0.674. The number of nitrogens with one attached hydrogen (secondary N) is 1. The summed E-state index contributed by atoms with van der Waals surface area (Å²) in [5, 5.41) is 3.24. The van der Waals surface area contributed by atoms with Crippen LogP contribution in [0, 0.1) is 5.92 Å². The first-order valence-electron chi connectivity index (χ1n) is 5.09. The topological polar surface area (TPSA) is 38.3 Å². The van der Waals surface area contributed by atoms with Gasteiger partial charge in [0.1, 0.15) is 0 Å². The second kappa shape index (κ2) is 4.61. The van der Waals surface area contributed by atoms with Crippen molar-refractivity contribution in [2.75, 3.05) is 6.54 Å². The van der Waals surface area contributed by atoms with Crippen LogP contribution in [0.3, 0.4) is 0 Å². The van der Waals surface area contributed by atoms with Gasteiger partial charge >= 0.3 is 5.97 Å². The molecule has 3 nitrogen and oxygen atoms in total. The highest BCUT2D eigenvalue weighted by Crippen LogP contribution is 2.17. The molecule has 1 rings (SSSR count). The molecule has 0 aliphatic carbocycles. The molecular formula is C10H19NO2. The Bertz CT molecular complexity index is 182. The van der Waals surface area contributed by atoms with E-state index in [1.165, 1.54) is 0 Å². The van der Waals surface area contributed by atoms with Gasteiger partial charge in [0.05, 0.1) is 12.0 Å². The van der Waals surface area contributed by atoms with Crippen molar-refractivity contribution in [3.8, 4) is 0 Å². The second-order valence-electron chi connectivity index (χ2n) is 3.79. The molecule has 1 saturated heterocycles. The van der Waals surface area contributed by atoms with E-state index in [-0.39, 0.29) is 24.0 Å². The number of hydrogen-bond donors (Lipinski definition) is 1. The van der Waals surface area contributed by atoms with E-state index in [1.54, 1.807) is 0 Å². The minimum absolute atomic E-state index is 0.0353. The number of rotatable bonds is 3. The van der Waals surface area contributed by atoms with Gasteiger partial charge < -0.3 is 10.1 Å². The van der Waals surface area contributed by atoms with Crippen LogP contribution in [0.4, 0.5) is 0 Å². The zero-order chi connectivity index (χ0) is 9.84. The van der Waals surface area contributed by atoms with Gasteiger partial charge in [0.15, 0.2) is 0 Å². The minimum Gasteiger partial charge on any atom is -0.462 e. The SMILES string of the molecule is CCC(C)OC(=O)C1CCNC1C. The number of carbonyl (C=O) groups excluding carboxylic acids is 1. The molecule has 3 unspecified atom stereocenters. The van der Waals surface area contributed by atoms with Crippen molar-refractivity contribution in [2.24, 2.45) is 5.92 Å². The van der Waals surface area contributed by atoms with Crippen LogP contribution >= 0.6 is 0 Å². The lowest BCUT2D eigenvalue weighted by Gasteiger charge is -2.17. The van der Waals surface area contributed by atoms with Crippen LogP contribution in [0.5, 0.6) is 0 Å². The molecule has 0 aromatic heterocycles. The van der Waals surface area contributed by atoms with E-state index in [4.69, 9.17) is 4.74 Å². The first-order valence-corrected chi connectivity index (χ1v) is 5.09. The van der Waals surface area contributed by atoms with Crippen LogP contribution in [0.15, 0.2) is 0 Å². The summed E-state index contributed by atoms with van der Waals surface area (Å²) in [5.41, 5.74) is 0. The van der Waals surface area contributed by atoms with E-state index >= 15 is 0 Å². The molecule has 0 saturated carbocycles. The van der Waals surface area contributed by atoms with Crippen LogP contribution in [-0.4, -0.2) is 24.7 Å². The molecule has 13 heavy (non-hydrogen) atoms. The Morgan fingerprint density at radius 1 is 1.69 bits per heavy atom. The van der Waals surface area contributed by atoms with Gasteiger partial charge in [-0.05, 0) is 33.2 Å². The molecule has 76 valence electrons. The molecule has 0 spiro atoms. The number of carbonyl (C=O) groups is 1. The molecule has 0 bridgehead atoms. The Morgan fingerprint density at radius 2 is 2.38 bits per heavy atom. The number of hydrogen-bond acceptors (Lipinski definition) is 3. The predicted molar refractivity (Wildman–Crippen MR) is 51.4 cm³/mol. The Hall–Kier alpha value is -0.570. The molecule has 0 amide bonds. The van der Waals surface area contributed by atoms with Gasteiger partial charge in [0.25, 0.3) is 0 Å². The maximum atomic E-state index is 11.6. The van der Waals surface area contributed by atoms with Crippen molar-refractivity contribution in [1.82, 2.24) is 5.32 Å². The highest BCUT2D eigenvalue weighted by molar-refractivity contribution is 5.73. The summed E-state index contributed by atoms with van der Waals surface area (Å²) in [6.07, 6.45) is 1.86. The summed E-state index contributed by atoms with van der Waals surface area (Å²) >= 11 is 0. The molecule has 0 aromatic rings. The fraction of sp³-hybridized carbons (Fsp3) is 0.900. The van der Waals surface area contributed by atoms with E-state index in [0.29, 0.717) is 0 Å². The maximum Gasteiger partial charge on any atom is 0.310 e. The van der Waals surface area contributed by atoms with E-state index in [1.807, 2.05) is 20.8 Å². The number of esters is 1. The smallest absolute Gasteiger partial charge is 0.310 e. The van der Waals surface area contributed by atoms with Gasteiger partial charge in [0.2, 0.25) is 0 Å². The first kappa shape index (κ1) is 10.5. The van der Waals surface area contributed by atoms with Crippen LogP contribution in [0.2, 0.25) is 0 Å². The summed E-state index contributed by atoms with van der Waals surface area (Å²) in [5.74, 6) is 0.0286. The van der Waals surface area contributed by atoms with Gasteiger partial charge in [-0.2, -0.15) is 0 Å². The fourth-order valence-electron chi connectivity index (χ4n) is 1.55. The Balaban J connectivity index is 2.38. The Morgan fingerprint density at radius 3 is 2.85 bits per heavy atom. The monoisotopic (exact) mass is 185 g/mol. The van der Waals surface area contributed by atoms with Crippen LogP contribution in [0.1, 0.15) is 33.6 Å². The zero-order valence-electron chi connectivity index (χ0n) is 8.67. The summed E-state index contributed by atoms with van der Waals surface area (Å²) in [7, 11) is 0. The van der Waals surface area contributed by atoms with Crippen molar-refractivity contribution in [3.05, 3.63) is 0 Å². The molecule has 0 radical (unpaired) electrons. The van der Waals surface area contributed by atoms with E-state index in [2.05, 4.69) is 5.32 Å². The highest BCUT2D eigenvalue weighted by atomic mass is 16.5. The van der Waals surface area contributed by atoms with Crippen LogP contribution in [-0.2, 0) is 9.53 Å². The molecule has 3 heteroatoms. The average molecular weight is 185 g/mol. The lowest BCUT2D eigenvalue weighted by atomic mass is 10.0. The molecule has 1 heterocycles. The average Bonchev–Trinajstić information content (AvgIpc) is 2.51. The zero-order valence-corrected chi connectivity index (χ0v) is 8.67. The van der Waals surface area contributed by atoms with Crippen molar-refractivity contribution in [1.29, 1.82) is 0 Å². The van der Waals surface area contributed by atoms with Crippen molar-refractivity contribution >= 4 is 5.97 Å². The normalized spacial score (nSPS) is 30.1. The molecular weight excluding hydrogens is 166 g/mol. The molecule has 1 aliphatic rings. The van der Waals surface area contributed by atoms with Crippen molar-refractivity contribution in [3.63, 3.8) is 0 Å². The van der Waals surface area contributed by atoms with Gasteiger partial charge in [-0.1, -0.05) is 6.92 Å². The summed E-state index contributed by atoms with van der Waals surface area (Å²) in [6.45, 7) is 6.93. The van der Waals surface area contributed by atoms with E-state index < -0.39 is 0 Å². The molecule has 1 N–H and O–H groups in total. The largest absolute Gasteiger partial charge is 0.462 e. The van der Waals surface area contributed by atoms with E-state index in [9.17, 15) is 4.79 Å². The fourth-order valence-corrected chi connectivity index (χ4v) is 1.55. The maximum absolute atomic E-state index is 11.6. The van der Waals surface area contributed by atoms with Gasteiger partial charge in [0, 0.05) is 6.04 Å². The number of ether oxygens (including phenoxy) is 1. The third-order valence-corrected chi connectivity index (χ3v) is 2.72. The lowest BCUT2D eigenvalue weighted by molar-refractivity contribution is -0.153. The van der Waals surface area contributed by atoms with Crippen molar-refractivity contribution in [2.45, 2.75) is 45.8 Å². The van der Waals surface area contributed by atoms with E-state index in [0.717, 1.165) is 19.4 Å².